The molecule has 1 aliphatic rings. The summed E-state index contributed by atoms with van der Waals surface area (Å²) in [6.45, 7) is 9.85. The van der Waals surface area contributed by atoms with Gasteiger partial charge >= 0.3 is 0 Å². The molecule has 1 aromatic carbocycles. The maximum Gasteiger partial charge on any atom is 0.277 e. The number of ether oxygens (including phenoxy) is 2. The second kappa shape index (κ2) is 11.7. The third-order valence-corrected chi connectivity index (χ3v) is 5.20. The van der Waals surface area contributed by atoms with E-state index in [-0.39, 0.29) is 11.3 Å². The number of Topliss-reactive ketones (excluding diaryl/α,β-unsaturated/α-hetero) is 1. The summed E-state index contributed by atoms with van der Waals surface area (Å²) in [5.74, 6) is 0.738. The third kappa shape index (κ3) is 5.85. The largest absolute Gasteiger partial charge is 0.492 e. The molecule has 1 saturated heterocycles. The lowest BCUT2D eigenvalue weighted by Crippen LogP contribution is -2.30. The number of ketones is 1. The summed E-state index contributed by atoms with van der Waals surface area (Å²) in [4.78, 5) is 32.3. The summed E-state index contributed by atoms with van der Waals surface area (Å²) in [6.07, 6.45) is 2.44. The van der Waals surface area contributed by atoms with Crippen LogP contribution in [0.15, 0.2) is 23.0 Å². The Morgan fingerprint density at radius 3 is 2.55 bits per heavy atom. The normalized spacial score (nSPS) is 13.5. The van der Waals surface area contributed by atoms with Gasteiger partial charge in [0, 0.05) is 20.1 Å². The van der Waals surface area contributed by atoms with E-state index in [9.17, 15) is 9.59 Å². The SMILES string of the molecule is C1COCCN1.CCCOc1c(C(C)=O)cccc1-c1nc2c(CCC)nn(C)c2c(=O)[nH]1. The Balaban J connectivity index is 0.000000442. The fourth-order valence-electron chi connectivity index (χ4n) is 3.66. The van der Waals surface area contributed by atoms with Gasteiger partial charge in [-0.1, -0.05) is 26.3 Å². The Hall–Kier alpha value is -3.04. The molecule has 0 unspecified atom stereocenters. The van der Waals surface area contributed by atoms with Gasteiger partial charge in [-0.05, 0) is 31.9 Å². The molecular formula is C24H33N5O4. The lowest BCUT2D eigenvalue weighted by molar-refractivity contribution is 0.101. The van der Waals surface area contributed by atoms with Crippen LogP contribution in [0.25, 0.3) is 22.4 Å². The first-order valence-electron chi connectivity index (χ1n) is 11.5. The molecule has 2 aromatic heterocycles. The second-order valence-electron chi connectivity index (χ2n) is 7.88. The number of hydrogen-bond acceptors (Lipinski definition) is 7. The fraction of sp³-hybridized carbons (Fsp3) is 0.500. The van der Waals surface area contributed by atoms with Gasteiger partial charge in [-0.25, -0.2) is 4.98 Å². The number of benzene rings is 1. The lowest BCUT2D eigenvalue weighted by atomic mass is 10.0. The number of nitrogens with one attached hydrogen (secondary N) is 2. The minimum atomic E-state index is -0.262. The van der Waals surface area contributed by atoms with E-state index in [0.29, 0.717) is 40.3 Å². The van der Waals surface area contributed by atoms with Crippen molar-refractivity contribution >= 4 is 16.8 Å². The standard InChI is InChI=1S/C20H24N4O3.C4H9NO/c1-5-8-15-16-17(24(4)23-15)20(26)22-19(21-16)14-10-7-9-13(12(3)25)18(14)27-11-6-2;1-3-6-4-2-5-1/h7,9-10H,5-6,8,11H2,1-4H3,(H,21,22,26);5H,1-4H2. The smallest absolute Gasteiger partial charge is 0.277 e. The molecule has 178 valence electrons. The van der Waals surface area contributed by atoms with E-state index in [4.69, 9.17) is 9.47 Å². The Morgan fingerprint density at radius 2 is 1.97 bits per heavy atom. The quantitative estimate of drug-likeness (QED) is 0.527. The Kier molecular flexibility index (Phi) is 8.73. The van der Waals surface area contributed by atoms with Gasteiger partial charge in [-0.2, -0.15) is 5.10 Å². The summed E-state index contributed by atoms with van der Waals surface area (Å²) in [5, 5.41) is 7.60. The van der Waals surface area contributed by atoms with Crippen molar-refractivity contribution in [2.24, 2.45) is 7.05 Å². The Labute approximate surface area is 193 Å². The highest BCUT2D eigenvalue weighted by atomic mass is 16.5. The molecule has 0 atom stereocenters. The van der Waals surface area contributed by atoms with Crippen molar-refractivity contribution in [1.29, 1.82) is 0 Å². The number of fused-ring (bicyclic) bond motifs is 1. The van der Waals surface area contributed by atoms with Gasteiger partial charge in [0.2, 0.25) is 0 Å². The molecular weight excluding hydrogens is 422 g/mol. The van der Waals surface area contributed by atoms with Crippen molar-refractivity contribution in [2.45, 2.75) is 40.0 Å². The highest BCUT2D eigenvalue weighted by molar-refractivity contribution is 5.99. The molecule has 2 N–H and O–H groups in total. The van der Waals surface area contributed by atoms with E-state index in [1.807, 2.05) is 6.92 Å². The molecule has 0 spiro atoms. The maximum absolute atomic E-state index is 12.7. The number of carbonyl (C=O) groups is 1. The molecule has 1 aliphatic heterocycles. The summed E-state index contributed by atoms with van der Waals surface area (Å²) < 4.78 is 12.4. The molecule has 0 aliphatic carbocycles. The van der Waals surface area contributed by atoms with Gasteiger partial charge in [0.25, 0.3) is 5.56 Å². The van der Waals surface area contributed by atoms with Gasteiger partial charge in [-0.3, -0.25) is 14.3 Å². The van der Waals surface area contributed by atoms with Crippen molar-refractivity contribution in [2.75, 3.05) is 32.9 Å². The molecule has 33 heavy (non-hydrogen) atoms. The number of aromatic amines is 1. The summed E-state index contributed by atoms with van der Waals surface area (Å²) in [6, 6.07) is 5.29. The van der Waals surface area contributed by atoms with Gasteiger partial charge in [0.1, 0.15) is 17.1 Å². The zero-order valence-corrected chi connectivity index (χ0v) is 19.9. The number of morpholine rings is 1. The van der Waals surface area contributed by atoms with E-state index >= 15 is 0 Å². The maximum atomic E-state index is 12.7. The van der Waals surface area contributed by atoms with E-state index in [2.05, 4.69) is 27.3 Å². The number of rotatable bonds is 7. The van der Waals surface area contributed by atoms with Crippen LogP contribution in [0, 0.1) is 0 Å². The van der Waals surface area contributed by atoms with Crippen LogP contribution in [0.1, 0.15) is 49.7 Å². The van der Waals surface area contributed by atoms with E-state index in [1.165, 1.54) is 6.92 Å². The zero-order valence-electron chi connectivity index (χ0n) is 19.9. The van der Waals surface area contributed by atoms with Crippen molar-refractivity contribution in [1.82, 2.24) is 25.1 Å². The number of hydrogen-bond donors (Lipinski definition) is 2. The molecule has 0 bridgehead atoms. The molecule has 4 rings (SSSR count). The van der Waals surface area contributed by atoms with Crippen LogP contribution in [0.5, 0.6) is 5.75 Å². The van der Waals surface area contributed by atoms with Gasteiger partial charge in [0.05, 0.1) is 36.6 Å². The Bertz CT molecular complexity index is 1140. The van der Waals surface area contributed by atoms with Crippen molar-refractivity contribution in [3.05, 3.63) is 39.8 Å². The number of nitrogens with zero attached hydrogens (tertiary/aromatic N) is 3. The predicted octanol–water partition coefficient (Wildman–Crippen LogP) is 2.87. The second-order valence-corrected chi connectivity index (χ2v) is 7.88. The predicted molar refractivity (Wildman–Crippen MR) is 128 cm³/mol. The molecule has 0 amide bonds. The van der Waals surface area contributed by atoms with Crippen LogP contribution in [-0.4, -0.2) is 58.4 Å². The molecule has 0 saturated carbocycles. The van der Waals surface area contributed by atoms with E-state index in [0.717, 1.165) is 51.3 Å². The van der Waals surface area contributed by atoms with Crippen LogP contribution in [0.4, 0.5) is 0 Å². The molecule has 3 aromatic rings. The molecule has 9 heteroatoms. The first-order chi connectivity index (χ1) is 16.0. The van der Waals surface area contributed by atoms with Crippen LogP contribution in [-0.2, 0) is 18.2 Å². The molecule has 9 nitrogen and oxygen atoms in total. The zero-order chi connectivity index (χ0) is 23.8. The first-order valence-corrected chi connectivity index (χ1v) is 11.5. The fourth-order valence-corrected chi connectivity index (χ4v) is 3.66. The Morgan fingerprint density at radius 1 is 1.21 bits per heavy atom. The minimum Gasteiger partial charge on any atom is -0.492 e. The monoisotopic (exact) mass is 455 g/mol. The van der Waals surface area contributed by atoms with E-state index < -0.39 is 0 Å². The van der Waals surface area contributed by atoms with Crippen LogP contribution < -0.4 is 15.6 Å². The number of aromatic nitrogens is 4. The van der Waals surface area contributed by atoms with Crippen molar-refractivity contribution in [3.63, 3.8) is 0 Å². The minimum absolute atomic E-state index is 0.0978. The highest BCUT2D eigenvalue weighted by Crippen LogP contribution is 2.32. The van der Waals surface area contributed by atoms with Gasteiger partial charge < -0.3 is 19.8 Å². The number of para-hydroxylation sites is 1. The number of H-pyrrole nitrogens is 1. The first kappa shape index (κ1) is 24.6. The van der Waals surface area contributed by atoms with Crippen LogP contribution >= 0.6 is 0 Å². The van der Waals surface area contributed by atoms with Crippen LogP contribution in [0.2, 0.25) is 0 Å². The van der Waals surface area contributed by atoms with Gasteiger partial charge in [-0.15, -0.1) is 0 Å². The highest BCUT2D eigenvalue weighted by Gasteiger charge is 2.20. The average Bonchev–Trinajstić information content (AvgIpc) is 3.14. The van der Waals surface area contributed by atoms with Crippen molar-refractivity contribution in [3.8, 4) is 17.1 Å². The third-order valence-electron chi connectivity index (χ3n) is 5.20. The van der Waals surface area contributed by atoms with Crippen LogP contribution in [0.3, 0.4) is 0 Å². The lowest BCUT2D eigenvalue weighted by Gasteiger charge is -2.14. The topological polar surface area (TPSA) is 111 Å². The molecule has 3 heterocycles. The summed E-state index contributed by atoms with van der Waals surface area (Å²) >= 11 is 0. The molecule has 1 fully saturated rings. The number of carbonyl (C=O) groups excluding carboxylic acids is 1. The van der Waals surface area contributed by atoms with E-state index in [1.54, 1.807) is 29.9 Å². The number of aryl methyl sites for hydroxylation is 2. The van der Waals surface area contributed by atoms with Gasteiger partial charge in [0.15, 0.2) is 11.3 Å². The summed E-state index contributed by atoms with van der Waals surface area (Å²) in [5.41, 5.74) is 2.64. The average molecular weight is 456 g/mol. The molecule has 0 radical (unpaired) electrons. The van der Waals surface area contributed by atoms with Crippen molar-refractivity contribution < 1.29 is 14.3 Å². The summed E-state index contributed by atoms with van der Waals surface area (Å²) in [7, 11) is 1.74.